The van der Waals surface area contributed by atoms with Gasteiger partial charge in [0.15, 0.2) is 5.16 Å². The van der Waals surface area contributed by atoms with Crippen LogP contribution in [0.2, 0.25) is 0 Å². The Morgan fingerprint density at radius 3 is 2.48 bits per heavy atom. The van der Waals surface area contributed by atoms with Gasteiger partial charge in [0.1, 0.15) is 5.82 Å². The van der Waals surface area contributed by atoms with E-state index in [4.69, 9.17) is 0 Å². The first kappa shape index (κ1) is 13.9. The molecule has 0 spiro atoms. The molecule has 1 N–H and O–H groups in total. The summed E-state index contributed by atoms with van der Waals surface area (Å²) in [5.74, 6) is 0.642. The summed E-state index contributed by atoms with van der Waals surface area (Å²) in [7, 11) is 0. The van der Waals surface area contributed by atoms with E-state index in [9.17, 15) is 4.39 Å². The second-order valence-electron chi connectivity index (χ2n) is 4.88. The first-order valence-corrected chi connectivity index (χ1v) is 7.68. The van der Waals surface area contributed by atoms with E-state index in [2.05, 4.69) is 41.2 Å². The molecule has 0 saturated heterocycles. The average molecular weight is 298 g/mol. The highest BCUT2D eigenvalue weighted by atomic mass is 32.2. The van der Waals surface area contributed by atoms with Crippen LogP contribution >= 0.6 is 11.8 Å². The molecule has 1 heterocycles. The molecule has 0 saturated carbocycles. The zero-order chi connectivity index (χ0) is 14.7. The van der Waals surface area contributed by atoms with E-state index in [1.807, 2.05) is 0 Å². The number of halogens is 1. The molecule has 0 aliphatic carbocycles. The molecule has 2 nitrogen and oxygen atoms in total. The summed E-state index contributed by atoms with van der Waals surface area (Å²) < 4.78 is 12.9. The van der Waals surface area contributed by atoms with Gasteiger partial charge >= 0.3 is 0 Å². The van der Waals surface area contributed by atoms with Crippen LogP contribution in [0.1, 0.15) is 11.1 Å². The van der Waals surface area contributed by atoms with Crippen molar-refractivity contribution in [2.45, 2.75) is 17.8 Å². The summed E-state index contributed by atoms with van der Waals surface area (Å²) in [4.78, 5) is 7.62. The Balaban J connectivity index is 1.67. The van der Waals surface area contributed by atoms with Crippen molar-refractivity contribution in [3.05, 3.63) is 71.7 Å². The number of nitrogens with zero attached hydrogens (tertiary/aromatic N) is 1. The van der Waals surface area contributed by atoms with Crippen molar-refractivity contribution in [2.75, 3.05) is 0 Å². The highest BCUT2D eigenvalue weighted by Gasteiger charge is 2.04. The van der Waals surface area contributed by atoms with E-state index in [-0.39, 0.29) is 5.82 Å². The van der Waals surface area contributed by atoms with Crippen LogP contribution in [0.15, 0.2) is 59.9 Å². The third-order valence-electron chi connectivity index (χ3n) is 3.20. The SMILES string of the molecule is Cc1ccc(CSc2ncc(-c3ccc(F)cc3)[nH]2)cc1. The predicted octanol–water partition coefficient (Wildman–Crippen LogP) is 4.82. The van der Waals surface area contributed by atoms with Crippen LogP contribution < -0.4 is 0 Å². The number of aromatic nitrogens is 2. The molecule has 4 heteroatoms. The van der Waals surface area contributed by atoms with Crippen molar-refractivity contribution in [1.29, 1.82) is 0 Å². The van der Waals surface area contributed by atoms with Gasteiger partial charge in [-0.25, -0.2) is 9.37 Å². The lowest BCUT2D eigenvalue weighted by atomic mass is 10.2. The molecule has 21 heavy (non-hydrogen) atoms. The number of thioether (sulfide) groups is 1. The summed E-state index contributed by atoms with van der Waals surface area (Å²) in [5, 5.41) is 0.870. The number of rotatable bonds is 4. The lowest BCUT2D eigenvalue weighted by molar-refractivity contribution is 0.628. The number of hydrogen-bond acceptors (Lipinski definition) is 2. The molecule has 1 aromatic heterocycles. The number of aromatic amines is 1. The molecule has 0 bridgehead atoms. The van der Waals surface area contributed by atoms with Gasteiger partial charge in [-0.3, -0.25) is 0 Å². The van der Waals surface area contributed by atoms with Crippen molar-refractivity contribution < 1.29 is 4.39 Å². The van der Waals surface area contributed by atoms with Crippen LogP contribution in [-0.2, 0) is 5.75 Å². The summed E-state index contributed by atoms with van der Waals surface area (Å²) in [5.41, 5.74) is 4.37. The fourth-order valence-corrected chi connectivity index (χ4v) is 2.79. The van der Waals surface area contributed by atoms with Crippen molar-refractivity contribution >= 4 is 11.8 Å². The summed E-state index contributed by atoms with van der Waals surface area (Å²) in [6.07, 6.45) is 1.78. The molecule has 0 fully saturated rings. The molecular formula is C17H15FN2S. The number of imidazole rings is 1. The fraction of sp³-hybridized carbons (Fsp3) is 0.118. The number of hydrogen-bond donors (Lipinski definition) is 1. The van der Waals surface area contributed by atoms with Crippen molar-refractivity contribution in [3.8, 4) is 11.3 Å². The molecule has 0 aliphatic rings. The molecule has 0 radical (unpaired) electrons. The van der Waals surface area contributed by atoms with Gasteiger partial charge in [0.05, 0.1) is 11.9 Å². The molecule has 3 aromatic rings. The Kier molecular flexibility index (Phi) is 4.06. The molecule has 3 rings (SSSR count). The Morgan fingerprint density at radius 1 is 1.05 bits per heavy atom. The number of H-pyrrole nitrogens is 1. The van der Waals surface area contributed by atoms with Crippen molar-refractivity contribution in [1.82, 2.24) is 9.97 Å². The first-order chi connectivity index (χ1) is 10.2. The fourth-order valence-electron chi connectivity index (χ4n) is 1.99. The molecule has 2 aromatic carbocycles. The van der Waals surface area contributed by atoms with Crippen molar-refractivity contribution in [3.63, 3.8) is 0 Å². The zero-order valence-electron chi connectivity index (χ0n) is 11.6. The van der Waals surface area contributed by atoms with Crippen LogP contribution in [0.4, 0.5) is 4.39 Å². The van der Waals surface area contributed by atoms with E-state index in [1.54, 1.807) is 30.1 Å². The standard InChI is InChI=1S/C17H15FN2S/c1-12-2-4-13(5-3-12)11-21-17-19-10-16(20-17)14-6-8-15(18)9-7-14/h2-10H,11H2,1H3,(H,19,20). The molecule has 106 valence electrons. The van der Waals surface area contributed by atoms with Crippen LogP contribution in [0.25, 0.3) is 11.3 Å². The van der Waals surface area contributed by atoms with E-state index in [0.29, 0.717) is 0 Å². The van der Waals surface area contributed by atoms with Gasteiger partial charge in [-0.2, -0.15) is 0 Å². The molecule has 0 aliphatic heterocycles. The lowest BCUT2D eigenvalue weighted by Gasteiger charge is -2.00. The summed E-state index contributed by atoms with van der Waals surface area (Å²) in [6.45, 7) is 2.08. The van der Waals surface area contributed by atoms with Crippen LogP contribution in [0.5, 0.6) is 0 Å². The Bertz CT molecular complexity index is 717. The van der Waals surface area contributed by atoms with Gasteiger partial charge in [0, 0.05) is 5.75 Å². The van der Waals surface area contributed by atoms with Crippen LogP contribution in [0, 0.1) is 12.7 Å². The monoisotopic (exact) mass is 298 g/mol. The third kappa shape index (κ3) is 3.52. The average Bonchev–Trinajstić information content (AvgIpc) is 2.96. The van der Waals surface area contributed by atoms with Gasteiger partial charge in [-0.15, -0.1) is 0 Å². The first-order valence-electron chi connectivity index (χ1n) is 6.70. The summed E-state index contributed by atoms with van der Waals surface area (Å²) in [6, 6.07) is 14.9. The van der Waals surface area contributed by atoms with Gasteiger partial charge < -0.3 is 4.98 Å². The minimum absolute atomic E-state index is 0.229. The maximum absolute atomic E-state index is 12.9. The number of benzene rings is 2. The smallest absolute Gasteiger partial charge is 0.166 e. The Labute approximate surface area is 127 Å². The summed E-state index contributed by atoms with van der Waals surface area (Å²) >= 11 is 1.66. The maximum atomic E-state index is 12.9. The molecule has 0 amide bonds. The second-order valence-corrected chi connectivity index (χ2v) is 5.85. The van der Waals surface area contributed by atoms with Gasteiger partial charge in [-0.1, -0.05) is 41.6 Å². The molecular weight excluding hydrogens is 283 g/mol. The topological polar surface area (TPSA) is 28.7 Å². The van der Waals surface area contributed by atoms with E-state index >= 15 is 0 Å². The number of aryl methyl sites for hydroxylation is 1. The molecule has 0 atom stereocenters. The Morgan fingerprint density at radius 2 is 1.76 bits per heavy atom. The van der Waals surface area contributed by atoms with E-state index < -0.39 is 0 Å². The van der Waals surface area contributed by atoms with Crippen LogP contribution in [-0.4, -0.2) is 9.97 Å². The minimum atomic E-state index is -0.229. The highest BCUT2D eigenvalue weighted by Crippen LogP contribution is 2.24. The van der Waals surface area contributed by atoms with E-state index in [1.165, 1.54) is 23.3 Å². The number of nitrogens with one attached hydrogen (secondary N) is 1. The van der Waals surface area contributed by atoms with Gasteiger partial charge in [0.2, 0.25) is 0 Å². The van der Waals surface area contributed by atoms with Crippen LogP contribution in [0.3, 0.4) is 0 Å². The quantitative estimate of drug-likeness (QED) is 0.700. The Hall–Kier alpha value is -2.07. The highest BCUT2D eigenvalue weighted by molar-refractivity contribution is 7.98. The van der Waals surface area contributed by atoms with Gasteiger partial charge in [-0.05, 0) is 42.3 Å². The maximum Gasteiger partial charge on any atom is 0.166 e. The zero-order valence-corrected chi connectivity index (χ0v) is 12.5. The second kappa shape index (κ2) is 6.14. The normalized spacial score (nSPS) is 10.8. The minimum Gasteiger partial charge on any atom is -0.333 e. The molecule has 0 unspecified atom stereocenters. The predicted molar refractivity (Wildman–Crippen MR) is 84.7 cm³/mol. The largest absolute Gasteiger partial charge is 0.333 e. The van der Waals surface area contributed by atoms with E-state index in [0.717, 1.165) is 22.2 Å². The lowest BCUT2D eigenvalue weighted by Crippen LogP contribution is -1.83. The van der Waals surface area contributed by atoms with Crippen molar-refractivity contribution in [2.24, 2.45) is 0 Å². The third-order valence-corrected chi connectivity index (χ3v) is 4.16. The van der Waals surface area contributed by atoms with Gasteiger partial charge in [0.25, 0.3) is 0 Å².